The number of hydrogen-bond acceptors (Lipinski definition) is 8. The number of anilines is 3. The standard InChI is InChI=1S/C22H29FN6O2/c1-13-7-14(10-24)19(8-17(13)16-3-5-25-11-18(16)23)26-20-9-21(28-22(27-20)31-2)29-6-4-15(30)12-29/h7-10,15-16,18,24-25,30H,3-6,11-12H2,1-2H3,(H,26,27,28). The maximum atomic E-state index is 14.6. The molecule has 1 aromatic heterocycles. The van der Waals surface area contributed by atoms with Gasteiger partial charge in [0.05, 0.1) is 13.2 Å². The Bertz CT molecular complexity index is 956. The SMILES string of the molecule is COc1nc(Nc2cc(C3CCNCC3F)c(C)cc2C=N)cc(N2CCC(O)C2)n1. The molecule has 1 aromatic carbocycles. The zero-order valence-electron chi connectivity index (χ0n) is 17.9. The second kappa shape index (κ2) is 9.15. The molecule has 4 rings (SSSR count). The predicted octanol–water partition coefficient (Wildman–Crippen LogP) is 2.52. The summed E-state index contributed by atoms with van der Waals surface area (Å²) < 4.78 is 19.9. The van der Waals surface area contributed by atoms with Gasteiger partial charge in [-0.05, 0) is 49.6 Å². The van der Waals surface area contributed by atoms with Crippen LogP contribution in [-0.4, -0.2) is 66.9 Å². The van der Waals surface area contributed by atoms with Gasteiger partial charge < -0.3 is 30.8 Å². The molecule has 3 unspecified atom stereocenters. The average molecular weight is 429 g/mol. The van der Waals surface area contributed by atoms with Crippen molar-refractivity contribution in [1.82, 2.24) is 15.3 Å². The van der Waals surface area contributed by atoms with Gasteiger partial charge in [-0.25, -0.2) is 4.39 Å². The van der Waals surface area contributed by atoms with Crippen LogP contribution in [0.5, 0.6) is 6.01 Å². The number of nitrogens with one attached hydrogen (secondary N) is 3. The molecule has 0 amide bonds. The largest absolute Gasteiger partial charge is 0.467 e. The van der Waals surface area contributed by atoms with Gasteiger partial charge in [-0.15, -0.1) is 0 Å². The van der Waals surface area contributed by atoms with E-state index in [9.17, 15) is 9.50 Å². The first-order chi connectivity index (χ1) is 15.0. The van der Waals surface area contributed by atoms with Crippen molar-refractivity contribution in [2.45, 2.75) is 38.0 Å². The minimum absolute atomic E-state index is 0.178. The van der Waals surface area contributed by atoms with Crippen LogP contribution in [0.4, 0.5) is 21.7 Å². The summed E-state index contributed by atoms with van der Waals surface area (Å²) in [6.07, 6.45) is 1.38. The lowest BCUT2D eigenvalue weighted by atomic mass is 9.85. The van der Waals surface area contributed by atoms with Crippen LogP contribution in [-0.2, 0) is 0 Å². The fraction of sp³-hybridized carbons (Fsp3) is 0.500. The molecule has 0 radical (unpaired) electrons. The van der Waals surface area contributed by atoms with Gasteiger partial charge in [0.15, 0.2) is 0 Å². The highest BCUT2D eigenvalue weighted by atomic mass is 19.1. The van der Waals surface area contributed by atoms with Gasteiger partial charge in [-0.3, -0.25) is 0 Å². The van der Waals surface area contributed by atoms with E-state index in [4.69, 9.17) is 10.1 Å². The smallest absolute Gasteiger partial charge is 0.320 e. The molecular formula is C22H29FN6O2. The Morgan fingerprint density at radius 3 is 2.84 bits per heavy atom. The van der Waals surface area contributed by atoms with E-state index in [0.29, 0.717) is 48.9 Å². The van der Waals surface area contributed by atoms with Crippen LogP contribution in [0.3, 0.4) is 0 Å². The van der Waals surface area contributed by atoms with Crippen molar-refractivity contribution in [3.8, 4) is 6.01 Å². The summed E-state index contributed by atoms with van der Waals surface area (Å²) in [5.74, 6) is 1.00. The molecule has 0 saturated carbocycles. The van der Waals surface area contributed by atoms with E-state index in [1.54, 1.807) is 6.07 Å². The highest BCUT2D eigenvalue weighted by Gasteiger charge is 2.28. The number of ether oxygens (including phenoxy) is 1. The summed E-state index contributed by atoms with van der Waals surface area (Å²) in [4.78, 5) is 10.8. The second-order valence-corrected chi connectivity index (χ2v) is 8.17. The number of alkyl halides is 1. The van der Waals surface area contributed by atoms with Crippen LogP contribution < -0.4 is 20.3 Å². The van der Waals surface area contributed by atoms with Gasteiger partial charge in [-0.2, -0.15) is 9.97 Å². The molecule has 8 nitrogen and oxygen atoms in total. The van der Waals surface area contributed by atoms with E-state index in [2.05, 4.69) is 20.6 Å². The molecule has 3 atom stereocenters. The predicted molar refractivity (Wildman–Crippen MR) is 119 cm³/mol. The van der Waals surface area contributed by atoms with Gasteiger partial charge in [0.25, 0.3) is 0 Å². The van der Waals surface area contributed by atoms with E-state index in [-0.39, 0.29) is 18.0 Å². The van der Waals surface area contributed by atoms with Crippen molar-refractivity contribution in [2.75, 3.05) is 43.5 Å². The topological polar surface area (TPSA) is 106 Å². The molecule has 2 saturated heterocycles. The number of nitrogens with zero attached hydrogens (tertiary/aromatic N) is 3. The van der Waals surface area contributed by atoms with Crippen LogP contribution in [0.25, 0.3) is 0 Å². The van der Waals surface area contributed by atoms with Crippen LogP contribution in [0, 0.1) is 12.3 Å². The summed E-state index contributed by atoms with van der Waals surface area (Å²) in [7, 11) is 1.51. The maximum Gasteiger partial charge on any atom is 0.320 e. The Hall–Kier alpha value is -2.78. The van der Waals surface area contributed by atoms with Crippen LogP contribution in [0.1, 0.15) is 35.4 Å². The van der Waals surface area contributed by atoms with Crippen LogP contribution >= 0.6 is 0 Å². The fourth-order valence-corrected chi connectivity index (χ4v) is 4.36. The normalized spacial score (nSPS) is 23.6. The van der Waals surface area contributed by atoms with Gasteiger partial charge in [0, 0.05) is 49.1 Å². The first-order valence-corrected chi connectivity index (χ1v) is 10.6. The quantitative estimate of drug-likeness (QED) is 0.524. The number of aliphatic hydroxyl groups is 1. The molecule has 2 aromatic rings. The monoisotopic (exact) mass is 428 g/mol. The van der Waals surface area contributed by atoms with Gasteiger partial charge in [0.1, 0.15) is 17.8 Å². The number of aromatic nitrogens is 2. The number of aryl methyl sites for hydroxylation is 1. The van der Waals surface area contributed by atoms with Crippen molar-refractivity contribution in [2.24, 2.45) is 0 Å². The van der Waals surface area contributed by atoms with Crippen molar-refractivity contribution in [1.29, 1.82) is 5.41 Å². The molecule has 0 aliphatic carbocycles. The Morgan fingerprint density at radius 1 is 1.32 bits per heavy atom. The number of rotatable bonds is 6. The average Bonchev–Trinajstić information content (AvgIpc) is 3.21. The van der Waals surface area contributed by atoms with Gasteiger partial charge in [-0.1, -0.05) is 0 Å². The number of β-amino-alcohol motifs (C(OH)–C–C–N with tert-alkyl or cyclic N) is 1. The Kier molecular flexibility index (Phi) is 6.33. The van der Waals surface area contributed by atoms with Crippen molar-refractivity contribution < 1.29 is 14.2 Å². The summed E-state index contributed by atoms with van der Waals surface area (Å²) in [6, 6.07) is 5.87. The third kappa shape index (κ3) is 4.62. The fourth-order valence-electron chi connectivity index (χ4n) is 4.36. The van der Waals surface area contributed by atoms with Crippen LogP contribution in [0.2, 0.25) is 0 Å². The van der Waals surface area contributed by atoms with E-state index in [0.717, 1.165) is 24.1 Å². The number of benzene rings is 1. The summed E-state index contributed by atoms with van der Waals surface area (Å²) in [5, 5.41) is 24.1. The lowest BCUT2D eigenvalue weighted by Gasteiger charge is -2.29. The molecule has 4 N–H and O–H groups in total. The Balaban J connectivity index is 1.68. The number of methoxy groups -OCH3 is 1. The molecule has 31 heavy (non-hydrogen) atoms. The summed E-state index contributed by atoms with van der Waals surface area (Å²) in [5.41, 5.74) is 3.31. The number of piperidine rings is 1. The number of halogens is 1. The number of hydrogen-bond donors (Lipinski definition) is 4. The van der Waals surface area contributed by atoms with E-state index < -0.39 is 6.17 Å². The highest BCUT2D eigenvalue weighted by molar-refractivity contribution is 5.88. The molecule has 9 heteroatoms. The summed E-state index contributed by atoms with van der Waals surface area (Å²) in [6.45, 7) is 4.31. The lowest BCUT2D eigenvalue weighted by molar-refractivity contribution is 0.198. The Morgan fingerprint density at radius 2 is 2.16 bits per heavy atom. The maximum absolute atomic E-state index is 14.6. The number of aliphatic hydroxyl groups excluding tert-OH is 1. The molecule has 0 bridgehead atoms. The third-order valence-corrected chi connectivity index (χ3v) is 6.03. The van der Waals surface area contributed by atoms with Crippen molar-refractivity contribution in [3.05, 3.63) is 34.9 Å². The minimum atomic E-state index is -0.946. The molecule has 2 aliphatic rings. The van der Waals surface area contributed by atoms with Crippen LogP contribution in [0.15, 0.2) is 18.2 Å². The molecule has 0 spiro atoms. The Labute approximate surface area is 181 Å². The zero-order chi connectivity index (χ0) is 22.0. The lowest BCUT2D eigenvalue weighted by Crippen LogP contribution is -2.37. The van der Waals surface area contributed by atoms with Crippen molar-refractivity contribution >= 4 is 23.5 Å². The molecule has 2 aliphatic heterocycles. The molecule has 3 heterocycles. The molecule has 2 fully saturated rings. The zero-order valence-corrected chi connectivity index (χ0v) is 17.9. The summed E-state index contributed by atoms with van der Waals surface area (Å²) >= 11 is 0. The van der Waals surface area contributed by atoms with E-state index >= 15 is 0 Å². The third-order valence-electron chi connectivity index (χ3n) is 6.03. The van der Waals surface area contributed by atoms with Crippen molar-refractivity contribution in [3.63, 3.8) is 0 Å². The van der Waals surface area contributed by atoms with E-state index in [1.165, 1.54) is 13.3 Å². The first kappa shape index (κ1) is 21.5. The molecule has 166 valence electrons. The highest BCUT2D eigenvalue weighted by Crippen LogP contribution is 2.34. The van der Waals surface area contributed by atoms with Gasteiger partial charge in [0.2, 0.25) is 0 Å². The minimum Gasteiger partial charge on any atom is -0.467 e. The van der Waals surface area contributed by atoms with E-state index in [1.807, 2.05) is 24.0 Å². The molecular weight excluding hydrogens is 399 g/mol. The van der Waals surface area contributed by atoms with Gasteiger partial charge >= 0.3 is 6.01 Å². The first-order valence-electron chi connectivity index (χ1n) is 10.6. The second-order valence-electron chi connectivity index (χ2n) is 8.17.